The van der Waals surface area contributed by atoms with Crippen molar-refractivity contribution < 1.29 is 0 Å². The van der Waals surface area contributed by atoms with Crippen LogP contribution in [-0.2, 0) is 6.42 Å². The topological polar surface area (TPSA) is 75.9 Å². The van der Waals surface area contributed by atoms with Gasteiger partial charge in [0.05, 0.1) is 0 Å². The summed E-state index contributed by atoms with van der Waals surface area (Å²) in [6, 6.07) is 0.488. The van der Waals surface area contributed by atoms with Crippen molar-refractivity contribution in [2.45, 2.75) is 63.7 Å². The molecule has 118 valence electrons. The van der Waals surface area contributed by atoms with Crippen LogP contribution in [0.4, 0.5) is 11.6 Å². The number of nitrogens with two attached hydrogens (primary N) is 1. The molecule has 1 aliphatic rings. The molecule has 2 unspecified atom stereocenters. The van der Waals surface area contributed by atoms with Gasteiger partial charge in [-0.15, -0.1) is 0 Å². The summed E-state index contributed by atoms with van der Waals surface area (Å²) >= 11 is 1.96. The Morgan fingerprint density at radius 3 is 2.62 bits per heavy atom. The molecule has 2 rings (SSSR count). The summed E-state index contributed by atoms with van der Waals surface area (Å²) in [6.45, 7) is 4.15. The molecule has 21 heavy (non-hydrogen) atoms. The third kappa shape index (κ3) is 4.01. The molecule has 1 aromatic heterocycles. The molecule has 0 bridgehead atoms. The summed E-state index contributed by atoms with van der Waals surface area (Å²) in [5.74, 6) is 8.12. The van der Waals surface area contributed by atoms with Gasteiger partial charge in [0, 0.05) is 23.3 Å². The minimum absolute atomic E-state index is 0.488. The van der Waals surface area contributed by atoms with Crippen LogP contribution < -0.4 is 16.6 Å². The van der Waals surface area contributed by atoms with Crippen LogP contribution in [0.2, 0.25) is 0 Å². The standard InChI is InChI=1S/C15H27N5S/c1-4-7-13-18-14(10(2)15(19-13)20-16)17-11-8-5-6-9-12(11)21-3/h11-12H,4-9,16H2,1-3H3,(H2,17,18,19,20). The highest BCUT2D eigenvalue weighted by Gasteiger charge is 2.25. The van der Waals surface area contributed by atoms with E-state index in [1.165, 1.54) is 25.7 Å². The molecule has 0 saturated heterocycles. The van der Waals surface area contributed by atoms with E-state index in [0.717, 1.165) is 35.9 Å². The van der Waals surface area contributed by atoms with Crippen LogP contribution >= 0.6 is 11.8 Å². The van der Waals surface area contributed by atoms with Crippen molar-refractivity contribution >= 4 is 23.4 Å². The second-order valence-corrected chi connectivity index (χ2v) is 6.74. The number of hydrogen-bond acceptors (Lipinski definition) is 6. The first-order valence-electron chi connectivity index (χ1n) is 7.83. The molecule has 1 heterocycles. The van der Waals surface area contributed by atoms with Gasteiger partial charge in [0.2, 0.25) is 0 Å². The van der Waals surface area contributed by atoms with E-state index < -0.39 is 0 Å². The van der Waals surface area contributed by atoms with Crippen molar-refractivity contribution in [3.63, 3.8) is 0 Å². The number of nitrogens with one attached hydrogen (secondary N) is 2. The molecule has 1 fully saturated rings. The Labute approximate surface area is 131 Å². The maximum absolute atomic E-state index is 5.60. The van der Waals surface area contributed by atoms with Gasteiger partial charge in [0.25, 0.3) is 0 Å². The first-order chi connectivity index (χ1) is 10.2. The lowest BCUT2D eigenvalue weighted by molar-refractivity contribution is 0.474. The van der Waals surface area contributed by atoms with Gasteiger partial charge in [0.15, 0.2) is 0 Å². The first-order valence-corrected chi connectivity index (χ1v) is 9.11. The maximum atomic E-state index is 5.60. The number of aromatic nitrogens is 2. The largest absolute Gasteiger partial charge is 0.366 e. The zero-order valence-electron chi connectivity index (χ0n) is 13.3. The predicted molar refractivity (Wildman–Crippen MR) is 91.8 cm³/mol. The lowest BCUT2D eigenvalue weighted by Crippen LogP contribution is -2.35. The van der Waals surface area contributed by atoms with E-state index in [1.807, 2.05) is 18.7 Å². The molecule has 0 amide bonds. The fourth-order valence-corrected chi connectivity index (χ4v) is 3.83. The van der Waals surface area contributed by atoms with Crippen LogP contribution in [0.15, 0.2) is 0 Å². The van der Waals surface area contributed by atoms with Crippen LogP contribution in [0.5, 0.6) is 0 Å². The van der Waals surface area contributed by atoms with Crippen molar-refractivity contribution in [1.82, 2.24) is 9.97 Å². The molecular formula is C15H27N5S. The van der Waals surface area contributed by atoms with E-state index in [2.05, 4.69) is 28.9 Å². The normalized spacial score (nSPS) is 22.1. The lowest BCUT2D eigenvalue weighted by atomic mass is 9.94. The fourth-order valence-electron chi connectivity index (χ4n) is 2.90. The quantitative estimate of drug-likeness (QED) is 0.554. The Kier molecular flexibility index (Phi) is 6.11. The van der Waals surface area contributed by atoms with Crippen molar-refractivity contribution in [1.29, 1.82) is 0 Å². The van der Waals surface area contributed by atoms with Crippen molar-refractivity contribution in [2.75, 3.05) is 17.0 Å². The number of anilines is 2. The number of hydrazine groups is 1. The number of rotatable bonds is 6. The average Bonchev–Trinajstić information content (AvgIpc) is 2.51. The minimum Gasteiger partial charge on any atom is -0.366 e. The van der Waals surface area contributed by atoms with Gasteiger partial charge in [-0.25, -0.2) is 15.8 Å². The molecule has 5 nitrogen and oxygen atoms in total. The summed E-state index contributed by atoms with van der Waals surface area (Å²) in [5.41, 5.74) is 3.70. The third-order valence-corrected chi connectivity index (χ3v) is 5.30. The smallest absolute Gasteiger partial charge is 0.148 e. The zero-order valence-corrected chi connectivity index (χ0v) is 14.1. The number of hydrogen-bond donors (Lipinski definition) is 3. The highest BCUT2D eigenvalue weighted by Crippen LogP contribution is 2.30. The molecule has 0 aliphatic heterocycles. The van der Waals surface area contributed by atoms with Crippen molar-refractivity contribution in [2.24, 2.45) is 5.84 Å². The van der Waals surface area contributed by atoms with Crippen LogP contribution in [0.1, 0.15) is 50.4 Å². The molecule has 1 saturated carbocycles. The van der Waals surface area contributed by atoms with Crippen LogP contribution in [-0.4, -0.2) is 27.5 Å². The lowest BCUT2D eigenvalue weighted by Gasteiger charge is -2.32. The summed E-state index contributed by atoms with van der Waals surface area (Å²) in [6.07, 6.45) is 9.23. The summed E-state index contributed by atoms with van der Waals surface area (Å²) in [4.78, 5) is 9.19. The van der Waals surface area contributed by atoms with Gasteiger partial charge in [-0.2, -0.15) is 11.8 Å². The highest BCUT2D eigenvalue weighted by atomic mass is 32.2. The monoisotopic (exact) mass is 309 g/mol. The van der Waals surface area contributed by atoms with Crippen molar-refractivity contribution in [3.8, 4) is 0 Å². The summed E-state index contributed by atoms with van der Waals surface area (Å²) in [5, 5.41) is 4.32. The van der Waals surface area contributed by atoms with Gasteiger partial charge in [-0.3, -0.25) is 0 Å². The first kappa shape index (κ1) is 16.4. The maximum Gasteiger partial charge on any atom is 0.148 e. The second-order valence-electron chi connectivity index (χ2n) is 5.67. The van der Waals surface area contributed by atoms with Gasteiger partial charge in [0.1, 0.15) is 17.5 Å². The van der Waals surface area contributed by atoms with Gasteiger partial charge in [-0.05, 0) is 32.4 Å². The SMILES string of the molecule is CCCc1nc(NN)c(C)c(NC2CCCCC2SC)n1. The number of nitrogen functional groups attached to an aromatic ring is 1. The number of nitrogens with zero attached hydrogens (tertiary/aromatic N) is 2. The molecule has 6 heteroatoms. The Hall–Kier alpha value is -1.01. The van der Waals surface area contributed by atoms with E-state index in [9.17, 15) is 0 Å². The molecule has 1 aliphatic carbocycles. The van der Waals surface area contributed by atoms with Crippen molar-refractivity contribution in [3.05, 3.63) is 11.4 Å². The van der Waals surface area contributed by atoms with E-state index in [-0.39, 0.29) is 0 Å². The van der Waals surface area contributed by atoms with E-state index >= 15 is 0 Å². The minimum atomic E-state index is 0.488. The van der Waals surface area contributed by atoms with Gasteiger partial charge >= 0.3 is 0 Å². The van der Waals surface area contributed by atoms with Crippen LogP contribution in [0, 0.1) is 6.92 Å². The predicted octanol–water partition coefficient (Wildman–Crippen LogP) is 3.11. The number of aryl methyl sites for hydroxylation is 1. The molecule has 0 spiro atoms. The zero-order chi connectivity index (χ0) is 15.2. The summed E-state index contributed by atoms with van der Waals surface area (Å²) in [7, 11) is 0. The Morgan fingerprint density at radius 2 is 1.95 bits per heavy atom. The average molecular weight is 309 g/mol. The molecule has 0 aromatic carbocycles. The van der Waals surface area contributed by atoms with Crippen LogP contribution in [0.3, 0.4) is 0 Å². The second kappa shape index (κ2) is 7.84. The molecule has 1 aromatic rings. The molecule has 0 radical (unpaired) electrons. The Morgan fingerprint density at radius 1 is 1.24 bits per heavy atom. The number of thioether (sulfide) groups is 1. The van der Waals surface area contributed by atoms with Gasteiger partial charge in [-0.1, -0.05) is 19.8 Å². The Balaban J connectivity index is 2.22. The summed E-state index contributed by atoms with van der Waals surface area (Å²) < 4.78 is 0. The molecule has 4 N–H and O–H groups in total. The van der Waals surface area contributed by atoms with E-state index in [4.69, 9.17) is 10.8 Å². The third-order valence-electron chi connectivity index (χ3n) is 4.13. The molecular weight excluding hydrogens is 282 g/mol. The van der Waals surface area contributed by atoms with E-state index in [0.29, 0.717) is 11.3 Å². The van der Waals surface area contributed by atoms with E-state index in [1.54, 1.807) is 0 Å². The van der Waals surface area contributed by atoms with Gasteiger partial charge < -0.3 is 10.7 Å². The molecule has 2 atom stereocenters. The van der Waals surface area contributed by atoms with Crippen LogP contribution in [0.25, 0.3) is 0 Å². The Bertz CT molecular complexity index is 466. The highest BCUT2D eigenvalue weighted by molar-refractivity contribution is 7.99. The fraction of sp³-hybridized carbons (Fsp3) is 0.733.